The van der Waals surface area contributed by atoms with Crippen LogP contribution in [-0.4, -0.2) is 15.0 Å². The van der Waals surface area contributed by atoms with Crippen molar-refractivity contribution in [1.82, 2.24) is 15.0 Å². The molecule has 27 heavy (non-hydrogen) atoms. The second-order valence-electron chi connectivity index (χ2n) is 6.17. The van der Waals surface area contributed by atoms with Crippen molar-refractivity contribution in [1.29, 1.82) is 5.26 Å². The van der Waals surface area contributed by atoms with E-state index in [9.17, 15) is 0 Å². The standard InChI is InChI=1S/C23H16N4/c1-16-25-22(18-8-3-2-4-9-18)27-23(26-16)21-12-6-11-20(14-21)19-10-5-7-17(13-19)15-24/h2-14H,1H3. The van der Waals surface area contributed by atoms with Crippen molar-refractivity contribution < 1.29 is 0 Å². The number of rotatable bonds is 3. The third-order valence-electron chi connectivity index (χ3n) is 4.22. The molecule has 0 saturated heterocycles. The summed E-state index contributed by atoms with van der Waals surface area (Å²) in [6, 6.07) is 27.7. The molecule has 4 aromatic rings. The quantitative estimate of drug-likeness (QED) is 0.519. The molecule has 128 valence electrons. The lowest BCUT2D eigenvalue weighted by atomic mass is 10.0. The number of aromatic nitrogens is 3. The topological polar surface area (TPSA) is 62.5 Å². The van der Waals surface area contributed by atoms with Gasteiger partial charge in [-0.15, -0.1) is 0 Å². The molecule has 0 saturated carbocycles. The van der Waals surface area contributed by atoms with Crippen LogP contribution in [0.15, 0.2) is 78.9 Å². The zero-order chi connectivity index (χ0) is 18.6. The van der Waals surface area contributed by atoms with Gasteiger partial charge in [0.05, 0.1) is 11.6 Å². The number of nitrogens with zero attached hydrogens (tertiary/aromatic N) is 4. The van der Waals surface area contributed by atoms with E-state index in [4.69, 9.17) is 5.26 Å². The molecule has 0 aliphatic heterocycles. The Morgan fingerprint density at radius 1 is 0.630 bits per heavy atom. The predicted octanol–water partition coefficient (Wildman–Crippen LogP) is 5.05. The lowest BCUT2D eigenvalue weighted by Gasteiger charge is -2.08. The molecule has 0 radical (unpaired) electrons. The average molecular weight is 348 g/mol. The van der Waals surface area contributed by atoms with E-state index in [1.165, 1.54) is 0 Å². The molecule has 0 unspecified atom stereocenters. The van der Waals surface area contributed by atoms with Crippen LogP contribution in [0.25, 0.3) is 33.9 Å². The second kappa shape index (κ2) is 7.19. The van der Waals surface area contributed by atoms with E-state index in [0.29, 0.717) is 23.0 Å². The number of hydrogen-bond donors (Lipinski definition) is 0. The summed E-state index contributed by atoms with van der Waals surface area (Å²) in [4.78, 5) is 13.7. The normalized spacial score (nSPS) is 10.4. The first-order valence-corrected chi connectivity index (χ1v) is 8.62. The highest BCUT2D eigenvalue weighted by atomic mass is 15.0. The van der Waals surface area contributed by atoms with Gasteiger partial charge < -0.3 is 0 Å². The van der Waals surface area contributed by atoms with Crippen LogP contribution in [-0.2, 0) is 0 Å². The summed E-state index contributed by atoms with van der Waals surface area (Å²) in [7, 11) is 0. The Bertz CT molecular complexity index is 1140. The van der Waals surface area contributed by atoms with Crippen molar-refractivity contribution in [2.24, 2.45) is 0 Å². The second-order valence-corrected chi connectivity index (χ2v) is 6.17. The van der Waals surface area contributed by atoms with Gasteiger partial charge in [0.1, 0.15) is 5.82 Å². The van der Waals surface area contributed by atoms with E-state index >= 15 is 0 Å². The number of aryl methyl sites for hydroxylation is 1. The van der Waals surface area contributed by atoms with Crippen LogP contribution in [0.5, 0.6) is 0 Å². The minimum atomic E-state index is 0.639. The van der Waals surface area contributed by atoms with Crippen molar-refractivity contribution in [2.75, 3.05) is 0 Å². The van der Waals surface area contributed by atoms with Crippen molar-refractivity contribution in [3.63, 3.8) is 0 Å². The summed E-state index contributed by atoms with van der Waals surface area (Å²) in [6.07, 6.45) is 0. The Hall–Kier alpha value is -3.84. The molecule has 0 bridgehead atoms. The SMILES string of the molecule is Cc1nc(-c2ccccc2)nc(-c2cccc(-c3cccc(C#N)c3)c2)n1. The Kier molecular flexibility index (Phi) is 4.42. The lowest BCUT2D eigenvalue weighted by molar-refractivity contribution is 0.992. The summed E-state index contributed by atoms with van der Waals surface area (Å²) in [6.45, 7) is 1.87. The molecular formula is C23H16N4. The van der Waals surface area contributed by atoms with E-state index in [2.05, 4.69) is 21.0 Å². The van der Waals surface area contributed by atoms with Crippen LogP contribution < -0.4 is 0 Å². The molecular weight excluding hydrogens is 332 g/mol. The molecule has 0 N–H and O–H groups in total. The summed E-state index contributed by atoms with van der Waals surface area (Å²) in [5, 5.41) is 9.13. The van der Waals surface area contributed by atoms with Gasteiger partial charge in [-0.3, -0.25) is 0 Å². The molecule has 0 fully saturated rings. The molecule has 4 heteroatoms. The van der Waals surface area contributed by atoms with Crippen LogP contribution in [0.3, 0.4) is 0 Å². The zero-order valence-corrected chi connectivity index (χ0v) is 14.8. The summed E-state index contributed by atoms with van der Waals surface area (Å²) >= 11 is 0. The first-order chi connectivity index (χ1) is 13.2. The predicted molar refractivity (Wildman–Crippen MR) is 106 cm³/mol. The maximum atomic E-state index is 9.13. The van der Waals surface area contributed by atoms with Gasteiger partial charge in [0.25, 0.3) is 0 Å². The van der Waals surface area contributed by atoms with Crippen molar-refractivity contribution in [2.45, 2.75) is 6.92 Å². The van der Waals surface area contributed by atoms with Gasteiger partial charge in [-0.05, 0) is 36.2 Å². The van der Waals surface area contributed by atoms with Crippen molar-refractivity contribution in [3.8, 4) is 40.0 Å². The van der Waals surface area contributed by atoms with Gasteiger partial charge in [0.2, 0.25) is 0 Å². The monoisotopic (exact) mass is 348 g/mol. The van der Waals surface area contributed by atoms with E-state index in [-0.39, 0.29) is 0 Å². The van der Waals surface area contributed by atoms with Crippen LogP contribution in [0.2, 0.25) is 0 Å². The molecule has 1 heterocycles. The average Bonchev–Trinajstić information content (AvgIpc) is 2.74. The van der Waals surface area contributed by atoms with Gasteiger partial charge in [0.15, 0.2) is 11.6 Å². The van der Waals surface area contributed by atoms with Gasteiger partial charge in [0, 0.05) is 11.1 Å². The third-order valence-corrected chi connectivity index (χ3v) is 4.22. The van der Waals surface area contributed by atoms with Gasteiger partial charge in [-0.2, -0.15) is 5.26 Å². The maximum Gasteiger partial charge on any atom is 0.163 e. The van der Waals surface area contributed by atoms with Gasteiger partial charge in [-0.25, -0.2) is 15.0 Å². The van der Waals surface area contributed by atoms with Crippen LogP contribution in [0.4, 0.5) is 0 Å². The Morgan fingerprint density at radius 3 is 1.96 bits per heavy atom. The highest BCUT2D eigenvalue weighted by molar-refractivity contribution is 5.71. The first-order valence-electron chi connectivity index (χ1n) is 8.62. The smallest absolute Gasteiger partial charge is 0.163 e. The highest BCUT2D eigenvalue weighted by Crippen LogP contribution is 2.26. The molecule has 0 aliphatic carbocycles. The maximum absolute atomic E-state index is 9.13. The molecule has 0 amide bonds. The summed E-state index contributed by atoms with van der Waals surface area (Å²) in [5.74, 6) is 1.98. The molecule has 3 aromatic carbocycles. The summed E-state index contributed by atoms with van der Waals surface area (Å²) < 4.78 is 0. The summed E-state index contributed by atoms with van der Waals surface area (Å²) in [5.41, 5.74) is 4.52. The fourth-order valence-corrected chi connectivity index (χ4v) is 2.93. The fraction of sp³-hybridized carbons (Fsp3) is 0.0435. The van der Waals surface area contributed by atoms with Crippen molar-refractivity contribution >= 4 is 0 Å². The zero-order valence-electron chi connectivity index (χ0n) is 14.8. The molecule has 0 atom stereocenters. The Labute approximate surface area is 157 Å². The Morgan fingerprint density at radius 2 is 1.22 bits per heavy atom. The van der Waals surface area contributed by atoms with Crippen LogP contribution in [0, 0.1) is 18.3 Å². The first kappa shape index (κ1) is 16.6. The lowest BCUT2D eigenvalue weighted by Crippen LogP contribution is -1.99. The van der Waals surface area contributed by atoms with Gasteiger partial charge >= 0.3 is 0 Å². The Balaban J connectivity index is 1.78. The highest BCUT2D eigenvalue weighted by Gasteiger charge is 2.09. The largest absolute Gasteiger partial charge is 0.213 e. The molecule has 0 aliphatic rings. The number of benzene rings is 3. The van der Waals surface area contributed by atoms with Crippen molar-refractivity contribution in [3.05, 3.63) is 90.3 Å². The van der Waals surface area contributed by atoms with E-state index in [1.807, 2.05) is 79.7 Å². The molecule has 1 aromatic heterocycles. The minimum absolute atomic E-state index is 0.639. The minimum Gasteiger partial charge on any atom is -0.213 e. The van der Waals surface area contributed by atoms with Gasteiger partial charge in [-0.1, -0.05) is 60.7 Å². The molecule has 4 nitrogen and oxygen atoms in total. The van der Waals surface area contributed by atoms with E-state index < -0.39 is 0 Å². The third kappa shape index (κ3) is 3.58. The molecule has 4 rings (SSSR count). The fourth-order valence-electron chi connectivity index (χ4n) is 2.93. The van der Waals surface area contributed by atoms with E-state index in [0.717, 1.165) is 22.3 Å². The number of hydrogen-bond acceptors (Lipinski definition) is 4. The van der Waals surface area contributed by atoms with Crippen LogP contribution in [0.1, 0.15) is 11.4 Å². The number of nitriles is 1. The van der Waals surface area contributed by atoms with E-state index in [1.54, 1.807) is 6.07 Å². The molecule has 0 spiro atoms. The van der Waals surface area contributed by atoms with Crippen LogP contribution >= 0.6 is 0 Å².